The summed E-state index contributed by atoms with van der Waals surface area (Å²) in [5.41, 5.74) is 5.77. The number of hydrogen-bond acceptors (Lipinski definition) is 4. The van der Waals surface area contributed by atoms with Crippen LogP contribution in [0.5, 0.6) is 0 Å². The molecule has 0 bridgehead atoms. The number of nitrogens with two attached hydrogens (primary N) is 1. The third-order valence-corrected chi connectivity index (χ3v) is 2.25. The van der Waals surface area contributed by atoms with Crippen LogP contribution >= 0.6 is 15.9 Å². The molecule has 0 spiro atoms. The van der Waals surface area contributed by atoms with Gasteiger partial charge in [-0.15, -0.1) is 0 Å². The number of hydrogen-bond donors (Lipinski definition) is 3. The average molecular weight is 287 g/mol. The van der Waals surface area contributed by atoms with E-state index < -0.39 is 5.91 Å². The standard InChI is InChI=1S/C9H11BrN4O2/c1-12-7(15)4-14-9(16)6-2-5(10)3-13-8(6)11/h2-3H,4H2,1H3,(H2,11,13)(H,12,15)(H,14,16). The van der Waals surface area contributed by atoms with Crippen molar-refractivity contribution in [3.8, 4) is 0 Å². The van der Waals surface area contributed by atoms with Crippen molar-refractivity contribution < 1.29 is 9.59 Å². The number of likely N-dealkylation sites (N-methyl/N-ethyl adjacent to an activating group) is 1. The molecule has 0 unspecified atom stereocenters. The molecule has 0 atom stereocenters. The van der Waals surface area contributed by atoms with E-state index in [9.17, 15) is 9.59 Å². The maximum atomic E-state index is 11.6. The van der Waals surface area contributed by atoms with Crippen LogP contribution in [0.3, 0.4) is 0 Å². The fraction of sp³-hybridized carbons (Fsp3) is 0.222. The Morgan fingerprint density at radius 3 is 2.88 bits per heavy atom. The van der Waals surface area contributed by atoms with Gasteiger partial charge in [-0.25, -0.2) is 4.98 Å². The second-order valence-corrected chi connectivity index (χ2v) is 3.86. The number of amides is 2. The molecule has 0 saturated heterocycles. The van der Waals surface area contributed by atoms with Gasteiger partial charge >= 0.3 is 0 Å². The summed E-state index contributed by atoms with van der Waals surface area (Å²) in [5, 5.41) is 4.81. The molecule has 0 aliphatic rings. The molecule has 0 aliphatic carbocycles. The molecule has 0 aromatic carbocycles. The van der Waals surface area contributed by atoms with E-state index in [1.807, 2.05) is 0 Å². The van der Waals surface area contributed by atoms with Gasteiger partial charge < -0.3 is 16.4 Å². The topological polar surface area (TPSA) is 97.1 Å². The van der Waals surface area contributed by atoms with Gasteiger partial charge in [0.1, 0.15) is 5.82 Å². The molecule has 1 heterocycles. The van der Waals surface area contributed by atoms with E-state index in [4.69, 9.17) is 5.73 Å². The van der Waals surface area contributed by atoms with Crippen LogP contribution in [0, 0.1) is 0 Å². The van der Waals surface area contributed by atoms with E-state index in [-0.39, 0.29) is 23.8 Å². The summed E-state index contributed by atoms with van der Waals surface area (Å²) in [4.78, 5) is 26.3. The molecule has 16 heavy (non-hydrogen) atoms. The molecule has 7 heteroatoms. The van der Waals surface area contributed by atoms with Crippen LogP contribution < -0.4 is 16.4 Å². The molecule has 1 aromatic rings. The van der Waals surface area contributed by atoms with Crippen molar-refractivity contribution in [2.45, 2.75) is 0 Å². The Morgan fingerprint density at radius 1 is 1.56 bits per heavy atom. The lowest BCUT2D eigenvalue weighted by molar-refractivity contribution is -0.119. The van der Waals surface area contributed by atoms with Gasteiger partial charge in [0.05, 0.1) is 12.1 Å². The van der Waals surface area contributed by atoms with Crippen molar-refractivity contribution in [1.82, 2.24) is 15.6 Å². The molecule has 0 fully saturated rings. The van der Waals surface area contributed by atoms with Crippen LogP contribution in [0.4, 0.5) is 5.82 Å². The van der Waals surface area contributed by atoms with Gasteiger partial charge in [0.2, 0.25) is 5.91 Å². The molecule has 6 nitrogen and oxygen atoms in total. The minimum atomic E-state index is -0.435. The highest BCUT2D eigenvalue weighted by molar-refractivity contribution is 9.10. The van der Waals surface area contributed by atoms with E-state index in [2.05, 4.69) is 31.5 Å². The summed E-state index contributed by atoms with van der Waals surface area (Å²) in [5.74, 6) is -0.595. The van der Waals surface area contributed by atoms with Gasteiger partial charge in [0, 0.05) is 17.7 Å². The normalized spacial score (nSPS) is 9.62. The number of carbonyl (C=O) groups is 2. The molecule has 86 valence electrons. The SMILES string of the molecule is CNC(=O)CNC(=O)c1cc(Br)cnc1N. The second kappa shape index (κ2) is 5.45. The third kappa shape index (κ3) is 3.20. The summed E-state index contributed by atoms with van der Waals surface area (Å²) in [6.07, 6.45) is 1.49. The third-order valence-electron chi connectivity index (χ3n) is 1.82. The van der Waals surface area contributed by atoms with Gasteiger partial charge in [0.15, 0.2) is 0 Å². The minimum absolute atomic E-state index is 0.0959. The Balaban J connectivity index is 2.73. The maximum absolute atomic E-state index is 11.6. The first-order valence-corrected chi connectivity index (χ1v) is 5.23. The lowest BCUT2D eigenvalue weighted by Gasteiger charge is -2.06. The summed E-state index contributed by atoms with van der Waals surface area (Å²) in [6, 6.07) is 1.54. The fourth-order valence-corrected chi connectivity index (χ4v) is 1.31. The Morgan fingerprint density at radius 2 is 2.25 bits per heavy atom. The number of carbonyl (C=O) groups excluding carboxylic acids is 2. The number of nitrogen functional groups attached to an aromatic ring is 1. The predicted octanol–water partition coefficient (Wildman–Crippen LogP) is -0.0979. The monoisotopic (exact) mass is 286 g/mol. The Labute approximate surface area is 101 Å². The van der Waals surface area contributed by atoms with Gasteiger partial charge in [-0.2, -0.15) is 0 Å². The number of anilines is 1. The van der Waals surface area contributed by atoms with Gasteiger partial charge in [-0.3, -0.25) is 9.59 Å². The van der Waals surface area contributed by atoms with Crippen molar-refractivity contribution in [3.63, 3.8) is 0 Å². The lowest BCUT2D eigenvalue weighted by Crippen LogP contribution is -2.35. The molecular weight excluding hydrogens is 276 g/mol. The maximum Gasteiger partial charge on any atom is 0.255 e. The predicted molar refractivity (Wildman–Crippen MR) is 62.7 cm³/mol. The summed E-state index contributed by atoms with van der Waals surface area (Å²) in [7, 11) is 1.49. The fourth-order valence-electron chi connectivity index (χ4n) is 0.976. The molecule has 0 radical (unpaired) electrons. The Bertz CT molecular complexity index is 422. The van der Waals surface area contributed by atoms with E-state index in [1.54, 1.807) is 6.07 Å². The summed E-state index contributed by atoms with van der Waals surface area (Å²) < 4.78 is 0.645. The number of halogens is 1. The van der Waals surface area contributed by atoms with Gasteiger partial charge in [0.25, 0.3) is 5.91 Å². The van der Waals surface area contributed by atoms with Crippen LogP contribution in [0.25, 0.3) is 0 Å². The minimum Gasteiger partial charge on any atom is -0.383 e. The van der Waals surface area contributed by atoms with Crippen molar-refractivity contribution in [1.29, 1.82) is 0 Å². The van der Waals surface area contributed by atoms with E-state index in [1.165, 1.54) is 13.2 Å². The van der Waals surface area contributed by atoms with Crippen LogP contribution in [0.1, 0.15) is 10.4 Å². The zero-order valence-corrected chi connectivity index (χ0v) is 10.2. The highest BCUT2D eigenvalue weighted by Gasteiger charge is 2.11. The largest absolute Gasteiger partial charge is 0.383 e. The highest BCUT2D eigenvalue weighted by atomic mass is 79.9. The first-order chi connectivity index (χ1) is 7.54. The van der Waals surface area contributed by atoms with E-state index in [0.717, 1.165) is 0 Å². The van der Waals surface area contributed by atoms with Crippen molar-refractivity contribution in [2.24, 2.45) is 0 Å². The van der Waals surface area contributed by atoms with E-state index >= 15 is 0 Å². The van der Waals surface area contributed by atoms with Crippen LogP contribution in [-0.4, -0.2) is 30.4 Å². The molecule has 0 saturated carbocycles. The smallest absolute Gasteiger partial charge is 0.255 e. The zero-order valence-electron chi connectivity index (χ0n) is 8.58. The molecule has 1 rings (SSSR count). The van der Waals surface area contributed by atoms with Gasteiger partial charge in [-0.1, -0.05) is 0 Å². The van der Waals surface area contributed by atoms with Gasteiger partial charge in [-0.05, 0) is 22.0 Å². The quantitative estimate of drug-likeness (QED) is 0.723. The van der Waals surface area contributed by atoms with Crippen molar-refractivity contribution in [3.05, 3.63) is 22.3 Å². The number of aromatic nitrogens is 1. The number of nitrogens with one attached hydrogen (secondary N) is 2. The molecule has 0 aliphatic heterocycles. The molecule has 1 aromatic heterocycles. The zero-order chi connectivity index (χ0) is 12.1. The molecule has 2 amide bonds. The Kier molecular flexibility index (Phi) is 4.24. The van der Waals surface area contributed by atoms with Crippen molar-refractivity contribution in [2.75, 3.05) is 19.3 Å². The number of pyridine rings is 1. The molecule has 4 N–H and O–H groups in total. The van der Waals surface area contributed by atoms with E-state index in [0.29, 0.717) is 4.47 Å². The highest BCUT2D eigenvalue weighted by Crippen LogP contribution is 2.15. The van der Waals surface area contributed by atoms with Crippen LogP contribution in [0.2, 0.25) is 0 Å². The van der Waals surface area contributed by atoms with Crippen LogP contribution in [-0.2, 0) is 4.79 Å². The first kappa shape index (κ1) is 12.4. The first-order valence-electron chi connectivity index (χ1n) is 4.44. The van der Waals surface area contributed by atoms with Crippen molar-refractivity contribution >= 4 is 33.6 Å². The molecular formula is C9H11BrN4O2. The van der Waals surface area contributed by atoms with Crippen LogP contribution in [0.15, 0.2) is 16.7 Å². The number of rotatable bonds is 3. The second-order valence-electron chi connectivity index (χ2n) is 2.94. The average Bonchev–Trinajstić information content (AvgIpc) is 2.28. The number of nitrogens with zero attached hydrogens (tertiary/aromatic N) is 1. The summed E-state index contributed by atoms with van der Waals surface area (Å²) in [6.45, 7) is -0.0959. The Hall–Kier alpha value is -1.63. The summed E-state index contributed by atoms with van der Waals surface area (Å²) >= 11 is 3.18. The lowest BCUT2D eigenvalue weighted by atomic mass is 10.2.